The molecule has 1 aromatic carbocycles. The molecule has 7 heteroatoms. The molecule has 1 N–H and O–H groups in total. The normalized spacial score (nSPS) is 10.7. The predicted molar refractivity (Wildman–Crippen MR) is 66.6 cm³/mol. The van der Waals surface area contributed by atoms with Crippen LogP contribution in [0.15, 0.2) is 16.6 Å². The number of thiazole rings is 1. The highest BCUT2D eigenvalue weighted by Crippen LogP contribution is 2.31. The summed E-state index contributed by atoms with van der Waals surface area (Å²) >= 11 is 9.76. The van der Waals surface area contributed by atoms with Gasteiger partial charge in [-0.3, -0.25) is 4.79 Å². The number of halogens is 3. The first-order valence-corrected chi connectivity index (χ1v) is 6.36. The lowest BCUT2D eigenvalue weighted by Gasteiger charge is -1.94. The van der Waals surface area contributed by atoms with E-state index >= 15 is 0 Å². The number of nitrogens with one attached hydrogen (secondary N) is 1. The van der Waals surface area contributed by atoms with E-state index in [4.69, 9.17) is 11.6 Å². The Hall–Kier alpha value is -0.720. The van der Waals surface area contributed by atoms with E-state index in [1.165, 1.54) is 23.5 Å². The molecule has 0 atom stereocenters. The van der Waals surface area contributed by atoms with Crippen molar-refractivity contribution in [3.05, 3.63) is 22.4 Å². The molecule has 0 radical (unpaired) electrons. The van der Waals surface area contributed by atoms with Gasteiger partial charge in [-0.2, -0.15) is 0 Å². The number of hydrogen-bond acceptors (Lipinski definition) is 3. The van der Waals surface area contributed by atoms with Gasteiger partial charge in [0.2, 0.25) is 5.91 Å². The molecule has 2 rings (SSSR count). The van der Waals surface area contributed by atoms with Gasteiger partial charge in [0.1, 0.15) is 11.7 Å². The van der Waals surface area contributed by atoms with Gasteiger partial charge in [-0.1, -0.05) is 11.3 Å². The second-order valence-corrected chi connectivity index (χ2v) is 5.09. The molecule has 1 amide bonds. The molecule has 84 valence electrons. The minimum atomic E-state index is -0.349. The van der Waals surface area contributed by atoms with E-state index in [-0.39, 0.29) is 17.6 Å². The number of rotatable bonds is 2. The predicted octanol–water partition coefficient (Wildman–Crippen LogP) is 3.38. The van der Waals surface area contributed by atoms with Gasteiger partial charge >= 0.3 is 0 Å². The van der Waals surface area contributed by atoms with Crippen molar-refractivity contribution >= 4 is 60.1 Å². The Labute approximate surface area is 108 Å². The number of fused-ring (bicyclic) bond motifs is 1. The number of carbonyl (C=O) groups is 1. The molecule has 0 spiro atoms. The van der Waals surface area contributed by atoms with Crippen LogP contribution < -0.4 is 5.32 Å². The monoisotopic (exact) mass is 322 g/mol. The van der Waals surface area contributed by atoms with Crippen molar-refractivity contribution in [1.29, 1.82) is 0 Å². The molecule has 0 aliphatic rings. The third kappa shape index (κ3) is 2.34. The summed E-state index contributed by atoms with van der Waals surface area (Å²) < 4.78 is 14.3. The number of amides is 1. The molecule has 0 aliphatic carbocycles. The summed E-state index contributed by atoms with van der Waals surface area (Å²) in [7, 11) is 0. The molecule has 2 aromatic rings. The molecule has 0 saturated carbocycles. The fourth-order valence-electron chi connectivity index (χ4n) is 1.16. The van der Waals surface area contributed by atoms with Crippen LogP contribution in [0.2, 0.25) is 0 Å². The van der Waals surface area contributed by atoms with E-state index in [0.29, 0.717) is 19.8 Å². The van der Waals surface area contributed by atoms with Gasteiger partial charge < -0.3 is 5.32 Å². The van der Waals surface area contributed by atoms with Gasteiger partial charge in [-0.15, -0.1) is 11.6 Å². The molecule has 1 aromatic heterocycles. The van der Waals surface area contributed by atoms with Gasteiger partial charge in [0.25, 0.3) is 0 Å². The summed E-state index contributed by atoms with van der Waals surface area (Å²) in [6.45, 7) is 0. The average Bonchev–Trinajstić information content (AvgIpc) is 2.60. The van der Waals surface area contributed by atoms with Crippen LogP contribution in [0.1, 0.15) is 0 Å². The average molecular weight is 324 g/mol. The second-order valence-electron chi connectivity index (χ2n) is 2.94. The van der Waals surface area contributed by atoms with Crippen molar-refractivity contribution in [3.8, 4) is 0 Å². The van der Waals surface area contributed by atoms with Crippen LogP contribution in [0.4, 0.5) is 9.52 Å². The topological polar surface area (TPSA) is 42.0 Å². The fourth-order valence-corrected chi connectivity index (χ4v) is 2.82. The Morgan fingerprint density at radius 3 is 3.06 bits per heavy atom. The van der Waals surface area contributed by atoms with E-state index in [0.717, 1.165) is 0 Å². The van der Waals surface area contributed by atoms with E-state index in [1.807, 2.05) is 0 Å². The molecule has 3 nitrogen and oxygen atoms in total. The SMILES string of the molecule is O=C(CCl)Nc1nc2c(Br)cc(F)cc2s1. The Morgan fingerprint density at radius 2 is 2.38 bits per heavy atom. The standard InChI is InChI=1S/C9H5BrClFN2OS/c10-5-1-4(12)2-6-8(5)14-9(16-6)13-7(15)3-11/h1-2H,3H2,(H,13,14,15). The first-order chi connectivity index (χ1) is 7.60. The van der Waals surface area contributed by atoms with Crippen molar-refractivity contribution in [3.63, 3.8) is 0 Å². The number of nitrogens with zero attached hydrogens (tertiary/aromatic N) is 1. The lowest BCUT2D eigenvalue weighted by molar-refractivity contribution is -0.113. The summed E-state index contributed by atoms with van der Waals surface area (Å²) in [6, 6.07) is 2.70. The maximum atomic E-state index is 13.1. The number of hydrogen-bond donors (Lipinski definition) is 1. The Balaban J connectivity index is 2.44. The number of carbonyl (C=O) groups excluding carboxylic acids is 1. The molecule has 16 heavy (non-hydrogen) atoms. The van der Waals surface area contributed by atoms with Crippen LogP contribution in [0.5, 0.6) is 0 Å². The van der Waals surface area contributed by atoms with Crippen LogP contribution in [-0.4, -0.2) is 16.8 Å². The van der Waals surface area contributed by atoms with Gasteiger partial charge in [-0.05, 0) is 28.1 Å². The summed E-state index contributed by atoms with van der Waals surface area (Å²) in [6.07, 6.45) is 0. The third-order valence-corrected chi connectivity index (χ3v) is 3.55. The maximum absolute atomic E-state index is 13.1. The van der Waals surface area contributed by atoms with Gasteiger partial charge in [0, 0.05) is 4.47 Å². The second kappa shape index (κ2) is 4.65. The largest absolute Gasteiger partial charge is 0.301 e. The lowest BCUT2D eigenvalue weighted by atomic mass is 10.3. The van der Waals surface area contributed by atoms with Gasteiger partial charge in [-0.25, -0.2) is 9.37 Å². The van der Waals surface area contributed by atoms with Crippen molar-refractivity contribution in [1.82, 2.24) is 4.98 Å². The number of benzene rings is 1. The molecule has 0 saturated heterocycles. The van der Waals surface area contributed by atoms with Gasteiger partial charge in [0.15, 0.2) is 5.13 Å². The summed E-state index contributed by atoms with van der Waals surface area (Å²) in [5.74, 6) is -0.818. The molecular formula is C9H5BrClFN2OS. The highest BCUT2D eigenvalue weighted by atomic mass is 79.9. The summed E-state index contributed by atoms with van der Waals surface area (Å²) in [5.41, 5.74) is 0.622. The van der Waals surface area contributed by atoms with E-state index in [9.17, 15) is 9.18 Å². The maximum Gasteiger partial charge on any atom is 0.241 e. The van der Waals surface area contributed by atoms with Crippen molar-refractivity contribution < 1.29 is 9.18 Å². The molecule has 0 fully saturated rings. The van der Waals surface area contributed by atoms with Crippen LogP contribution in [0.25, 0.3) is 10.2 Å². The summed E-state index contributed by atoms with van der Waals surface area (Å²) in [5, 5.41) is 2.93. The minimum absolute atomic E-state index is 0.133. The molecule has 0 bridgehead atoms. The van der Waals surface area contributed by atoms with Crippen molar-refractivity contribution in [2.75, 3.05) is 11.2 Å². The molecule has 1 heterocycles. The van der Waals surface area contributed by atoms with Crippen LogP contribution in [0, 0.1) is 5.82 Å². The number of alkyl halides is 1. The zero-order valence-electron chi connectivity index (χ0n) is 7.76. The molecular weight excluding hydrogens is 319 g/mol. The minimum Gasteiger partial charge on any atom is -0.301 e. The first kappa shape index (κ1) is 11.8. The van der Waals surface area contributed by atoms with E-state index < -0.39 is 0 Å². The zero-order valence-corrected chi connectivity index (χ0v) is 10.9. The van der Waals surface area contributed by atoms with E-state index in [2.05, 4.69) is 26.2 Å². The third-order valence-electron chi connectivity index (χ3n) is 1.78. The highest BCUT2D eigenvalue weighted by Gasteiger charge is 2.10. The Bertz CT molecular complexity index is 560. The highest BCUT2D eigenvalue weighted by molar-refractivity contribution is 9.10. The summed E-state index contributed by atoms with van der Waals surface area (Å²) in [4.78, 5) is 15.2. The molecule has 0 aliphatic heterocycles. The van der Waals surface area contributed by atoms with Crippen molar-refractivity contribution in [2.45, 2.75) is 0 Å². The van der Waals surface area contributed by atoms with Crippen LogP contribution in [0.3, 0.4) is 0 Å². The number of anilines is 1. The number of aromatic nitrogens is 1. The fraction of sp³-hybridized carbons (Fsp3) is 0.111. The first-order valence-electron chi connectivity index (χ1n) is 4.21. The quantitative estimate of drug-likeness (QED) is 0.861. The van der Waals surface area contributed by atoms with Crippen LogP contribution >= 0.6 is 38.9 Å². The van der Waals surface area contributed by atoms with Gasteiger partial charge in [0.05, 0.1) is 10.2 Å². The van der Waals surface area contributed by atoms with Crippen molar-refractivity contribution in [2.24, 2.45) is 0 Å². The molecule has 0 unspecified atom stereocenters. The Morgan fingerprint density at radius 1 is 1.62 bits per heavy atom. The lowest BCUT2D eigenvalue weighted by Crippen LogP contribution is -2.11. The smallest absolute Gasteiger partial charge is 0.241 e. The zero-order chi connectivity index (χ0) is 11.7. The van der Waals surface area contributed by atoms with Crippen LogP contribution in [-0.2, 0) is 4.79 Å². The van der Waals surface area contributed by atoms with E-state index in [1.54, 1.807) is 0 Å². The Kier molecular flexibility index (Phi) is 3.41.